The Morgan fingerprint density at radius 3 is 2.39 bits per heavy atom. The van der Waals surface area contributed by atoms with Gasteiger partial charge in [-0.25, -0.2) is 0 Å². The number of ether oxygens (including phenoxy) is 2. The zero-order valence-electron chi connectivity index (χ0n) is 10.9. The minimum atomic E-state index is 0.0241. The third-order valence-corrected chi connectivity index (χ3v) is 3.32. The fourth-order valence-electron chi connectivity index (χ4n) is 1.92. The molecule has 1 rings (SSSR count). The van der Waals surface area contributed by atoms with Gasteiger partial charge < -0.3 is 15.2 Å². The number of nitrogens with two attached hydrogens (primary N) is 1. The Hall–Kier alpha value is -1.07. The second kappa shape index (κ2) is 6.75. The number of hydrogen-bond donors (Lipinski definition) is 1. The monoisotopic (exact) mass is 315 g/mol. The molecule has 0 aliphatic carbocycles. The van der Waals surface area contributed by atoms with Crippen LogP contribution in [0.2, 0.25) is 0 Å². The van der Waals surface area contributed by atoms with Gasteiger partial charge in [0.15, 0.2) is 17.3 Å². The molecule has 0 saturated carbocycles. The van der Waals surface area contributed by atoms with Gasteiger partial charge in [0, 0.05) is 17.5 Å². The first-order chi connectivity index (χ1) is 8.60. The van der Waals surface area contributed by atoms with Crippen LogP contribution in [0.4, 0.5) is 0 Å². The average Bonchev–Trinajstić information content (AvgIpc) is 2.37. The van der Waals surface area contributed by atoms with Gasteiger partial charge in [-0.2, -0.15) is 0 Å². The molecular formula is C13H18BrNO3. The summed E-state index contributed by atoms with van der Waals surface area (Å²) in [6, 6.07) is 1.78. The molecule has 0 radical (unpaired) electrons. The first-order valence-electron chi connectivity index (χ1n) is 5.77. The summed E-state index contributed by atoms with van der Waals surface area (Å²) in [6.45, 7) is 2.32. The zero-order valence-corrected chi connectivity index (χ0v) is 12.5. The molecule has 5 heteroatoms. The lowest BCUT2D eigenvalue weighted by atomic mass is 9.98. The Bertz CT molecular complexity index is 446. The van der Waals surface area contributed by atoms with E-state index in [0.29, 0.717) is 40.9 Å². The summed E-state index contributed by atoms with van der Waals surface area (Å²) in [5.74, 6) is 1.24. The lowest BCUT2D eigenvalue weighted by molar-refractivity contribution is 0.0984. The number of carbonyl (C=O) groups is 1. The summed E-state index contributed by atoms with van der Waals surface area (Å²) < 4.78 is 11.4. The van der Waals surface area contributed by atoms with E-state index in [1.54, 1.807) is 20.3 Å². The van der Waals surface area contributed by atoms with Crippen LogP contribution in [-0.2, 0) is 6.42 Å². The molecule has 0 aromatic heterocycles. The molecule has 0 unspecified atom stereocenters. The second-order valence-electron chi connectivity index (χ2n) is 3.77. The summed E-state index contributed by atoms with van der Waals surface area (Å²) in [5.41, 5.74) is 6.94. The van der Waals surface area contributed by atoms with Crippen LogP contribution in [0.1, 0.15) is 29.3 Å². The Labute approximate surface area is 116 Å². The van der Waals surface area contributed by atoms with Gasteiger partial charge >= 0.3 is 0 Å². The Balaban J connectivity index is 3.44. The van der Waals surface area contributed by atoms with E-state index in [1.807, 2.05) is 6.92 Å². The summed E-state index contributed by atoms with van der Waals surface area (Å²) in [5, 5.41) is 0. The number of ketones is 1. The number of rotatable bonds is 6. The molecule has 0 bridgehead atoms. The van der Waals surface area contributed by atoms with E-state index >= 15 is 0 Å². The molecule has 0 saturated heterocycles. The maximum Gasteiger partial charge on any atom is 0.175 e. The van der Waals surface area contributed by atoms with Crippen molar-refractivity contribution in [2.45, 2.75) is 19.8 Å². The van der Waals surface area contributed by atoms with Gasteiger partial charge in [-0.05, 0) is 35.0 Å². The van der Waals surface area contributed by atoms with Crippen molar-refractivity contribution < 1.29 is 14.3 Å². The smallest absolute Gasteiger partial charge is 0.175 e. The number of hydrogen-bond acceptors (Lipinski definition) is 4. The normalized spacial score (nSPS) is 10.3. The number of halogens is 1. The van der Waals surface area contributed by atoms with Gasteiger partial charge in [0.05, 0.1) is 18.7 Å². The Morgan fingerprint density at radius 1 is 1.33 bits per heavy atom. The number of carbonyl (C=O) groups excluding carboxylic acids is 1. The molecule has 100 valence electrons. The van der Waals surface area contributed by atoms with Crippen LogP contribution >= 0.6 is 15.9 Å². The minimum absolute atomic E-state index is 0.0241. The highest BCUT2D eigenvalue weighted by Crippen LogP contribution is 2.40. The molecule has 0 atom stereocenters. The number of Topliss-reactive ketones (excluding diaryl/α,β-unsaturated/α-hetero) is 1. The SMILES string of the molecule is CCc1c(C(=O)CCN)cc(Br)c(OC)c1OC. The minimum Gasteiger partial charge on any atom is -0.493 e. The summed E-state index contributed by atoms with van der Waals surface area (Å²) in [6.07, 6.45) is 1.02. The van der Waals surface area contributed by atoms with Gasteiger partial charge in [0.2, 0.25) is 0 Å². The van der Waals surface area contributed by atoms with Gasteiger partial charge in [0.25, 0.3) is 0 Å². The van der Waals surface area contributed by atoms with E-state index in [1.165, 1.54) is 0 Å². The van der Waals surface area contributed by atoms with Crippen LogP contribution in [0.3, 0.4) is 0 Å². The molecular weight excluding hydrogens is 298 g/mol. The first-order valence-corrected chi connectivity index (χ1v) is 6.56. The highest BCUT2D eigenvalue weighted by molar-refractivity contribution is 9.10. The third kappa shape index (κ3) is 2.84. The molecule has 0 aliphatic heterocycles. The van der Waals surface area contributed by atoms with E-state index in [-0.39, 0.29) is 5.78 Å². The Kier molecular flexibility index (Phi) is 5.62. The van der Waals surface area contributed by atoms with Crippen LogP contribution in [0.5, 0.6) is 11.5 Å². The average molecular weight is 316 g/mol. The van der Waals surface area contributed by atoms with Crippen molar-refractivity contribution in [1.29, 1.82) is 0 Å². The van der Waals surface area contributed by atoms with Crippen molar-refractivity contribution in [3.63, 3.8) is 0 Å². The predicted molar refractivity (Wildman–Crippen MR) is 74.6 cm³/mol. The fourth-order valence-corrected chi connectivity index (χ4v) is 2.49. The van der Waals surface area contributed by atoms with Crippen molar-refractivity contribution in [1.82, 2.24) is 0 Å². The molecule has 0 heterocycles. The lowest BCUT2D eigenvalue weighted by Gasteiger charge is -2.17. The van der Waals surface area contributed by atoms with Crippen LogP contribution < -0.4 is 15.2 Å². The Morgan fingerprint density at radius 2 is 1.94 bits per heavy atom. The maximum atomic E-state index is 12.0. The van der Waals surface area contributed by atoms with Crippen LogP contribution in [0, 0.1) is 0 Å². The van der Waals surface area contributed by atoms with E-state index in [2.05, 4.69) is 15.9 Å². The van der Waals surface area contributed by atoms with Gasteiger partial charge in [0.1, 0.15) is 0 Å². The molecule has 0 amide bonds. The first kappa shape index (κ1) is 15.0. The number of methoxy groups -OCH3 is 2. The van der Waals surface area contributed by atoms with Crippen LogP contribution in [0.15, 0.2) is 10.5 Å². The van der Waals surface area contributed by atoms with Crippen molar-refractivity contribution >= 4 is 21.7 Å². The fraction of sp³-hybridized carbons (Fsp3) is 0.462. The topological polar surface area (TPSA) is 61.6 Å². The second-order valence-corrected chi connectivity index (χ2v) is 4.62. The number of benzene rings is 1. The summed E-state index contributed by atoms with van der Waals surface area (Å²) in [4.78, 5) is 12.0. The van der Waals surface area contributed by atoms with E-state index < -0.39 is 0 Å². The van der Waals surface area contributed by atoms with E-state index in [4.69, 9.17) is 15.2 Å². The maximum absolute atomic E-state index is 12.0. The zero-order chi connectivity index (χ0) is 13.7. The highest BCUT2D eigenvalue weighted by atomic mass is 79.9. The van der Waals surface area contributed by atoms with E-state index in [0.717, 1.165) is 5.56 Å². The van der Waals surface area contributed by atoms with Crippen LogP contribution in [-0.4, -0.2) is 26.5 Å². The molecule has 1 aromatic carbocycles. The standard InChI is InChI=1S/C13H18BrNO3/c1-4-8-9(11(16)5-6-15)7-10(14)13(18-3)12(8)17-2/h7H,4-6,15H2,1-3H3. The van der Waals surface area contributed by atoms with Gasteiger partial charge in [-0.15, -0.1) is 0 Å². The molecule has 4 nitrogen and oxygen atoms in total. The van der Waals surface area contributed by atoms with Crippen LogP contribution in [0.25, 0.3) is 0 Å². The molecule has 0 fully saturated rings. The van der Waals surface area contributed by atoms with Crippen molar-refractivity contribution in [2.75, 3.05) is 20.8 Å². The highest BCUT2D eigenvalue weighted by Gasteiger charge is 2.20. The molecule has 1 aromatic rings. The van der Waals surface area contributed by atoms with Gasteiger partial charge in [-0.3, -0.25) is 4.79 Å². The molecule has 18 heavy (non-hydrogen) atoms. The largest absolute Gasteiger partial charge is 0.493 e. The molecule has 2 N–H and O–H groups in total. The predicted octanol–water partition coefficient (Wildman–Crippen LogP) is 2.56. The quantitative estimate of drug-likeness (QED) is 0.819. The lowest BCUT2D eigenvalue weighted by Crippen LogP contribution is -2.11. The summed E-state index contributed by atoms with van der Waals surface area (Å²) in [7, 11) is 3.14. The van der Waals surface area contributed by atoms with Gasteiger partial charge in [-0.1, -0.05) is 6.92 Å². The van der Waals surface area contributed by atoms with Crippen molar-refractivity contribution in [3.05, 3.63) is 21.7 Å². The summed E-state index contributed by atoms with van der Waals surface area (Å²) >= 11 is 3.39. The third-order valence-electron chi connectivity index (χ3n) is 2.73. The van der Waals surface area contributed by atoms with Crippen molar-refractivity contribution in [3.8, 4) is 11.5 Å². The molecule has 0 spiro atoms. The van der Waals surface area contributed by atoms with Crippen molar-refractivity contribution in [2.24, 2.45) is 5.73 Å². The molecule has 0 aliphatic rings. The van der Waals surface area contributed by atoms with E-state index in [9.17, 15) is 4.79 Å².